The molecule has 5 rings (SSSR count). The van der Waals surface area contributed by atoms with E-state index in [1.165, 1.54) is 35.5 Å². The number of anilines is 1. The largest absolute Gasteiger partial charge is 0.445 e. The molecule has 12 nitrogen and oxygen atoms in total. The summed E-state index contributed by atoms with van der Waals surface area (Å²) in [4.78, 5) is 51.3. The van der Waals surface area contributed by atoms with E-state index < -0.39 is 33.7 Å². The predicted octanol–water partition coefficient (Wildman–Crippen LogP) is 5.34. The van der Waals surface area contributed by atoms with Crippen LogP contribution in [0.25, 0.3) is 11.2 Å². The van der Waals surface area contributed by atoms with Crippen LogP contribution in [0.5, 0.6) is 0 Å². The molecule has 0 radical (unpaired) electrons. The highest BCUT2D eigenvalue weighted by Crippen LogP contribution is 2.25. The molecule has 1 aliphatic heterocycles. The molecule has 0 aliphatic carbocycles. The van der Waals surface area contributed by atoms with E-state index in [9.17, 15) is 22.8 Å². The third kappa shape index (κ3) is 7.53. The van der Waals surface area contributed by atoms with Gasteiger partial charge in [-0.1, -0.05) is 48.0 Å². The molecule has 2 aromatic heterocycles. The maximum absolute atomic E-state index is 13.6. The number of Topliss-reactive ketones (excluding diaryl/α,β-unsaturated/α-hetero) is 1. The van der Waals surface area contributed by atoms with Crippen LogP contribution in [0.2, 0.25) is 0 Å². The number of aromatic nitrogens is 3. The van der Waals surface area contributed by atoms with Crippen molar-refractivity contribution in [1.29, 1.82) is 0 Å². The van der Waals surface area contributed by atoms with Gasteiger partial charge in [-0.3, -0.25) is 9.69 Å². The maximum atomic E-state index is 13.6. The number of amides is 2. The topological polar surface area (TPSA) is 141 Å². The van der Waals surface area contributed by atoms with Crippen molar-refractivity contribution in [1.82, 2.24) is 18.8 Å². The molecule has 46 heavy (non-hydrogen) atoms. The zero-order valence-corrected chi connectivity index (χ0v) is 27.1. The van der Waals surface area contributed by atoms with Crippen LogP contribution in [0.1, 0.15) is 44.7 Å². The summed E-state index contributed by atoms with van der Waals surface area (Å²) < 4.78 is 38.8. The summed E-state index contributed by atoms with van der Waals surface area (Å²) >= 11 is 0. The number of hydrogen-bond donors (Lipinski definition) is 0. The molecule has 0 bridgehead atoms. The first-order valence-electron chi connectivity index (χ1n) is 15.0. The van der Waals surface area contributed by atoms with Crippen molar-refractivity contribution in [2.24, 2.45) is 5.92 Å². The molecular formula is C33H37N5O7S. The molecule has 1 fully saturated rings. The molecule has 2 aromatic carbocycles. The van der Waals surface area contributed by atoms with Crippen molar-refractivity contribution in [3.63, 3.8) is 0 Å². The molecule has 0 saturated carbocycles. The van der Waals surface area contributed by atoms with Gasteiger partial charge in [-0.25, -0.2) is 31.9 Å². The van der Waals surface area contributed by atoms with Crippen molar-refractivity contribution in [2.45, 2.75) is 57.6 Å². The number of ketones is 1. The molecular weight excluding hydrogens is 610 g/mol. The zero-order valence-electron chi connectivity index (χ0n) is 26.3. The lowest BCUT2D eigenvalue weighted by atomic mass is 9.93. The highest BCUT2D eigenvalue weighted by atomic mass is 32.2. The molecule has 1 unspecified atom stereocenters. The Morgan fingerprint density at radius 1 is 1.02 bits per heavy atom. The summed E-state index contributed by atoms with van der Waals surface area (Å²) in [5.74, 6) is -0.802. The Labute approximate surface area is 268 Å². The Bertz CT molecular complexity index is 1830. The van der Waals surface area contributed by atoms with E-state index in [1.807, 2.05) is 37.3 Å². The third-order valence-corrected chi connectivity index (χ3v) is 9.15. The van der Waals surface area contributed by atoms with Gasteiger partial charge in [0.15, 0.2) is 17.2 Å². The average Bonchev–Trinajstić information content (AvgIpc) is 3.46. The normalized spacial score (nSPS) is 15.4. The van der Waals surface area contributed by atoms with Gasteiger partial charge < -0.3 is 14.4 Å². The van der Waals surface area contributed by atoms with Crippen molar-refractivity contribution in [3.05, 3.63) is 84.2 Å². The van der Waals surface area contributed by atoms with Gasteiger partial charge in [0.1, 0.15) is 17.7 Å². The minimum Gasteiger partial charge on any atom is -0.445 e. The lowest BCUT2D eigenvalue weighted by Gasteiger charge is -2.32. The van der Waals surface area contributed by atoms with E-state index in [4.69, 9.17) is 9.47 Å². The number of fused-ring (bicyclic) bond motifs is 1. The van der Waals surface area contributed by atoms with Gasteiger partial charge in [0.05, 0.1) is 17.6 Å². The number of benzene rings is 2. The SMILES string of the molecule is Cc1ccc(S(=O)(=O)n2ccc3nc(N(CC(=O)C4CCCN(C(=O)OCc5ccccc5)C4)C(=O)OC(C)(C)C)cnc32)cc1. The number of aryl methyl sites for hydroxylation is 1. The van der Waals surface area contributed by atoms with E-state index in [2.05, 4.69) is 9.97 Å². The number of nitrogens with zero attached hydrogens (tertiary/aromatic N) is 5. The minimum atomic E-state index is -3.97. The van der Waals surface area contributed by atoms with E-state index >= 15 is 0 Å². The molecule has 4 aromatic rings. The Kier molecular flexibility index (Phi) is 9.42. The molecule has 13 heteroatoms. The summed E-state index contributed by atoms with van der Waals surface area (Å²) in [7, 11) is -3.97. The molecule has 1 saturated heterocycles. The number of likely N-dealkylation sites (tertiary alicyclic amines) is 1. The standard InChI is InChI=1S/C33H37N5O7S/c1-23-12-14-26(15-13-23)46(42,43)38-18-16-27-30(38)34-19-29(35-27)37(32(41)45-33(2,3)4)21-28(39)25-11-8-17-36(20-25)31(40)44-22-24-9-6-5-7-10-24/h5-7,9-10,12-16,18-19,25H,8,11,17,20-22H2,1-4H3. The van der Waals surface area contributed by atoms with Crippen molar-refractivity contribution < 1.29 is 32.3 Å². The predicted molar refractivity (Wildman–Crippen MR) is 171 cm³/mol. The number of carbonyl (C=O) groups excluding carboxylic acids is 3. The molecule has 1 aliphatic rings. The Balaban J connectivity index is 1.35. The number of rotatable bonds is 8. The van der Waals surface area contributed by atoms with E-state index in [1.54, 1.807) is 32.9 Å². The smallest absolute Gasteiger partial charge is 0.416 e. The van der Waals surface area contributed by atoms with Gasteiger partial charge in [0.2, 0.25) is 0 Å². The first-order chi connectivity index (χ1) is 21.8. The summed E-state index contributed by atoms with van der Waals surface area (Å²) in [5, 5.41) is 0. The second kappa shape index (κ2) is 13.3. The summed E-state index contributed by atoms with van der Waals surface area (Å²) in [6.07, 6.45) is 2.41. The lowest BCUT2D eigenvalue weighted by Crippen LogP contribution is -2.47. The molecule has 0 spiro atoms. The zero-order chi connectivity index (χ0) is 33.1. The molecule has 0 N–H and O–H groups in total. The van der Waals surface area contributed by atoms with E-state index in [0.29, 0.717) is 19.4 Å². The van der Waals surface area contributed by atoms with Crippen LogP contribution in [0.15, 0.2) is 78.0 Å². The summed E-state index contributed by atoms with van der Waals surface area (Å²) in [5.41, 5.74) is 1.18. The van der Waals surface area contributed by atoms with Gasteiger partial charge in [0.25, 0.3) is 10.0 Å². The van der Waals surface area contributed by atoms with Crippen LogP contribution >= 0.6 is 0 Å². The fraction of sp³-hybridized carbons (Fsp3) is 0.364. The number of carbonyl (C=O) groups is 3. The van der Waals surface area contributed by atoms with E-state index in [0.717, 1.165) is 20.0 Å². The van der Waals surface area contributed by atoms with Crippen LogP contribution < -0.4 is 4.90 Å². The highest BCUT2D eigenvalue weighted by molar-refractivity contribution is 7.90. The van der Waals surface area contributed by atoms with Gasteiger partial charge in [-0.2, -0.15) is 0 Å². The van der Waals surface area contributed by atoms with Crippen molar-refractivity contribution in [2.75, 3.05) is 24.5 Å². The van der Waals surface area contributed by atoms with Gasteiger partial charge in [0, 0.05) is 25.2 Å². The molecule has 2 amide bonds. The molecule has 3 heterocycles. The molecule has 1 atom stereocenters. The van der Waals surface area contributed by atoms with Crippen LogP contribution in [-0.4, -0.2) is 70.5 Å². The Hall–Kier alpha value is -4.78. The second-order valence-electron chi connectivity index (χ2n) is 12.2. The second-order valence-corrected chi connectivity index (χ2v) is 14.0. The first-order valence-corrected chi connectivity index (χ1v) is 16.4. The van der Waals surface area contributed by atoms with Crippen LogP contribution in [0, 0.1) is 12.8 Å². The minimum absolute atomic E-state index is 0.0236. The molecule has 242 valence electrons. The quantitative estimate of drug-likeness (QED) is 0.248. The van der Waals surface area contributed by atoms with Gasteiger partial charge in [-0.05, 0) is 64.3 Å². The number of hydrogen-bond acceptors (Lipinski definition) is 9. The lowest BCUT2D eigenvalue weighted by molar-refractivity contribution is -0.123. The fourth-order valence-corrected chi connectivity index (χ4v) is 6.38. The van der Waals surface area contributed by atoms with Crippen LogP contribution in [0.4, 0.5) is 15.4 Å². The van der Waals surface area contributed by atoms with Gasteiger partial charge >= 0.3 is 12.2 Å². The monoisotopic (exact) mass is 647 g/mol. The van der Waals surface area contributed by atoms with Crippen molar-refractivity contribution >= 4 is 45.0 Å². The maximum Gasteiger partial charge on any atom is 0.416 e. The average molecular weight is 648 g/mol. The fourth-order valence-electron chi connectivity index (χ4n) is 5.08. The summed E-state index contributed by atoms with van der Waals surface area (Å²) in [6.45, 7) is 7.32. The van der Waals surface area contributed by atoms with Crippen LogP contribution in [-0.2, 0) is 30.9 Å². The summed E-state index contributed by atoms with van der Waals surface area (Å²) in [6, 6.07) is 17.2. The number of ether oxygens (including phenoxy) is 2. The Morgan fingerprint density at radius 2 is 1.74 bits per heavy atom. The third-order valence-electron chi connectivity index (χ3n) is 7.47. The Morgan fingerprint density at radius 3 is 2.43 bits per heavy atom. The van der Waals surface area contributed by atoms with Crippen LogP contribution in [0.3, 0.4) is 0 Å². The number of piperidine rings is 1. The van der Waals surface area contributed by atoms with Gasteiger partial charge in [-0.15, -0.1) is 0 Å². The van der Waals surface area contributed by atoms with Crippen molar-refractivity contribution in [3.8, 4) is 0 Å². The van der Waals surface area contributed by atoms with E-state index in [-0.39, 0.29) is 47.4 Å². The first kappa shape index (κ1) is 32.6. The highest BCUT2D eigenvalue weighted by Gasteiger charge is 2.33.